The van der Waals surface area contributed by atoms with Crippen LogP contribution in [0.4, 0.5) is 5.69 Å². The van der Waals surface area contributed by atoms with Crippen LogP contribution in [0.2, 0.25) is 0 Å². The highest BCUT2D eigenvalue weighted by Gasteiger charge is 2.28. The van der Waals surface area contributed by atoms with Crippen molar-refractivity contribution < 1.29 is 13.2 Å². The van der Waals surface area contributed by atoms with Crippen LogP contribution >= 0.6 is 11.8 Å². The molecule has 1 amide bonds. The normalized spacial score (nSPS) is 16.5. The van der Waals surface area contributed by atoms with Gasteiger partial charge in [-0.1, -0.05) is 30.3 Å². The van der Waals surface area contributed by atoms with Gasteiger partial charge in [0.15, 0.2) is 0 Å². The van der Waals surface area contributed by atoms with Crippen molar-refractivity contribution in [2.75, 3.05) is 17.6 Å². The maximum Gasteiger partial charge on any atom is 0.240 e. The van der Waals surface area contributed by atoms with Gasteiger partial charge in [0.2, 0.25) is 15.9 Å². The van der Waals surface area contributed by atoms with Crippen LogP contribution in [0.25, 0.3) is 0 Å². The van der Waals surface area contributed by atoms with E-state index in [-0.39, 0.29) is 16.7 Å². The van der Waals surface area contributed by atoms with Gasteiger partial charge in [0.1, 0.15) is 0 Å². The van der Waals surface area contributed by atoms with E-state index >= 15 is 0 Å². The minimum Gasteiger partial charge on any atom is -0.325 e. The fourth-order valence-electron chi connectivity index (χ4n) is 2.66. The zero-order valence-corrected chi connectivity index (χ0v) is 15.5. The maximum atomic E-state index is 12.4. The second kappa shape index (κ2) is 7.59. The van der Waals surface area contributed by atoms with Gasteiger partial charge in [-0.05, 0) is 36.2 Å². The Labute approximate surface area is 152 Å². The molecule has 0 fully saturated rings. The molecular weight excluding hydrogens is 356 g/mol. The first-order valence-corrected chi connectivity index (χ1v) is 10.7. The summed E-state index contributed by atoms with van der Waals surface area (Å²) in [5.74, 6) is 1.11. The third kappa shape index (κ3) is 4.23. The van der Waals surface area contributed by atoms with Crippen molar-refractivity contribution in [2.24, 2.45) is 0 Å². The van der Waals surface area contributed by atoms with Crippen LogP contribution in [0, 0.1) is 0 Å². The van der Waals surface area contributed by atoms with Crippen LogP contribution in [0.1, 0.15) is 24.0 Å². The van der Waals surface area contributed by atoms with Crippen LogP contribution in [-0.2, 0) is 20.6 Å². The van der Waals surface area contributed by atoms with Crippen molar-refractivity contribution in [3.63, 3.8) is 0 Å². The van der Waals surface area contributed by atoms with E-state index in [1.807, 2.05) is 18.2 Å². The van der Waals surface area contributed by atoms with E-state index in [1.165, 1.54) is 11.6 Å². The van der Waals surface area contributed by atoms with E-state index < -0.39 is 10.0 Å². The zero-order chi connectivity index (χ0) is 17.9. The predicted octanol–water partition coefficient (Wildman–Crippen LogP) is 2.95. The van der Waals surface area contributed by atoms with Crippen LogP contribution in [0.15, 0.2) is 53.4 Å². The predicted molar refractivity (Wildman–Crippen MR) is 101 cm³/mol. The molecule has 0 aromatic heterocycles. The summed E-state index contributed by atoms with van der Waals surface area (Å²) in [5, 5.41) is 2.74. The molecule has 25 heavy (non-hydrogen) atoms. The highest BCUT2D eigenvalue weighted by atomic mass is 32.2. The average Bonchev–Trinajstić information content (AvgIpc) is 2.89. The standard InChI is InChI=1S/C18H20N2O3S2/c1-13-16-11-15(7-8-17(16)20-18(13)21)25(22,23)19-9-10-24-12-14-5-3-2-4-6-14/h2-8,11,13,19H,9-10,12H2,1H3,(H,20,21)/t13-/m1/s1. The Morgan fingerprint density at radius 3 is 2.68 bits per heavy atom. The summed E-state index contributed by atoms with van der Waals surface area (Å²) in [6.45, 7) is 2.13. The Morgan fingerprint density at radius 2 is 1.92 bits per heavy atom. The highest BCUT2D eigenvalue weighted by molar-refractivity contribution is 7.98. The highest BCUT2D eigenvalue weighted by Crippen LogP contribution is 2.33. The van der Waals surface area contributed by atoms with Gasteiger partial charge in [-0.2, -0.15) is 11.8 Å². The van der Waals surface area contributed by atoms with Gasteiger partial charge >= 0.3 is 0 Å². The van der Waals surface area contributed by atoms with E-state index in [4.69, 9.17) is 0 Å². The number of rotatable bonds is 7. The lowest BCUT2D eigenvalue weighted by atomic mass is 10.0. The zero-order valence-electron chi connectivity index (χ0n) is 13.9. The van der Waals surface area contributed by atoms with Crippen molar-refractivity contribution in [3.05, 3.63) is 59.7 Å². The molecule has 0 unspecified atom stereocenters. The second-order valence-electron chi connectivity index (χ2n) is 5.90. The van der Waals surface area contributed by atoms with Crippen molar-refractivity contribution in [2.45, 2.75) is 23.5 Å². The molecule has 5 nitrogen and oxygen atoms in total. The number of nitrogens with one attached hydrogen (secondary N) is 2. The number of hydrogen-bond acceptors (Lipinski definition) is 4. The largest absolute Gasteiger partial charge is 0.325 e. The van der Waals surface area contributed by atoms with Gasteiger partial charge in [0.25, 0.3) is 0 Å². The smallest absolute Gasteiger partial charge is 0.240 e. The molecule has 3 rings (SSSR count). The number of benzene rings is 2. The summed E-state index contributed by atoms with van der Waals surface area (Å²) < 4.78 is 27.5. The lowest BCUT2D eigenvalue weighted by molar-refractivity contribution is -0.116. The molecule has 2 aromatic rings. The molecule has 1 aliphatic heterocycles. The Morgan fingerprint density at radius 1 is 1.16 bits per heavy atom. The third-order valence-corrected chi connectivity index (χ3v) is 6.59. The Kier molecular flexibility index (Phi) is 5.46. The van der Waals surface area contributed by atoms with E-state index in [0.29, 0.717) is 18.0 Å². The fraction of sp³-hybridized carbons (Fsp3) is 0.278. The van der Waals surface area contributed by atoms with E-state index in [0.717, 1.165) is 11.3 Å². The van der Waals surface area contributed by atoms with Gasteiger partial charge in [-0.25, -0.2) is 13.1 Å². The third-order valence-electron chi connectivity index (χ3n) is 4.10. The molecule has 132 valence electrons. The van der Waals surface area contributed by atoms with Crippen LogP contribution in [-0.4, -0.2) is 26.6 Å². The van der Waals surface area contributed by atoms with Gasteiger partial charge in [-0.15, -0.1) is 0 Å². The van der Waals surface area contributed by atoms with Gasteiger partial charge in [0, 0.05) is 23.7 Å². The number of sulfonamides is 1. The average molecular weight is 377 g/mol. The Bertz CT molecular complexity index is 867. The molecule has 0 radical (unpaired) electrons. The minimum atomic E-state index is -3.57. The Hall–Kier alpha value is -1.83. The summed E-state index contributed by atoms with van der Waals surface area (Å²) in [6.07, 6.45) is 0. The van der Waals surface area contributed by atoms with Crippen molar-refractivity contribution in [1.82, 2.24) is 4.72 Å². The second-order valence-corrected chi connectivity index (χ2v) is 8.77. The first-order valence-electron chi connectivity index (χ1n) is 8.03. The maximum absolute atomic E-state index is 12.4. The summed E-state index contributed by atoms with van der Waals surface area (Å²) in [4.78, 5) is 11.9. The molecule has 7 heteroatoms. The lowest BCUT2D eigenvalue weighted by Crippen LogP contribution is -2.26. The number of hydrogen-bond donors (Lipinski definition) is 2. The number of fused-ring (bicyclic) bond motifs is 1. The summed E-state index contributed by atoms with van der Waals surface area (Å²) >= 11 is 1.68. The number of thioether (sulfide) groups is 1. The van der Waals surface area contributed by atoms with Crippen molar-refractivity contribution >= 4 is 33.4 Å². The molecule has 0 bridgehead atoms. The van der Waals surface area contributed by atoms with Crippen LogP contribution < -0.4 is 10.0 Å². The number of amides is 1. The fourth-order valence-corrected chi connectivity index (χ4v) is 4.67. The molecule has 1 aliphatic rings. The molecule has 0 spiro atoms. The monoisotopic (exact) mass is 376 g/mol. The Balaban J connectivity index is 1.55. The molecule has 1 atom stereocenters. The van der Waals surface area contributed by atoms with E-state index in [1.54, 1.807) is 30.8 Å². The van der Waals surface area contributed by atoms with Gasteiger partial charge < -0.3 is 5.32 Å². The van der Waals surface area contributed by atoms with Crippen LogP contribution in [0.3, 0.4) is 0 Å². The van der Waals surface area contributed by atoms with Crippen molar-refractivity contribution in [3.8, 4) is 0 Å². The van der Waals surface area contributed by atoms with E-state index in [2.05, 4.69) is 22.2 Å². The summed E-state index contributed by atoms with van der Waals surface area (Å²) in [6, 6.07) is 14.8. The molecule has 0 aliphatic carbocycles. The number of anilines is 1. The molecule has 1 heterocycles. The molecule has 2 N–H and O–H groups in total. The van der Waals surface area contributed by atoms with Crippen molar-refractivity contribution in [1.29, 1.82) is 0 Å². The topological polar surface area (TPSA) is 75.3 Å². The first-order chi connectivity index (χ1) is 12.0. The summed E-state index contributed by atoms with van der Waals surface area (Å²) in [5.41, 5.74) is 2.64. The number of carbonyl (C=O) groups is 1. The SMILES string of the molecule is C[C@H]1C(=O)Nc2ccc(S(=O)(=O)NCCSCc3ccccc3)cc21. The van der Waals surface area contributed by atoms with E-state index in [9.17, 15) is 13.2 Å². The van der Waals surface area contributed by atoms with Gasteiger partial charge in [-0.3, -0.25) is 4.79 Å². The molecular formula is C18H20N2O3S2. The molecule has 0 saturated carbocycles. The molecule has 0 saturated heterocycles. The van der Waals surface area contributed by atoms with Gasteiger partial charge in [0.05, 0.1) is 10.8 Å². The quantitative estimate of drug-likeness (QED) is 0.729. The lowest BCUT2D eigenvalue weighted by Gasteiger charge is -2.09. The number of carbonyl (C=O) groups excluding carboxylic acids is 1. The summed E-state index contributed by atoms with van der Waals surface area (Å²) in [7, 11) is -3.57. The molecule has 2 aromatic carbocycles. The minimum absolute atomic E-state index is 0.102. The first kappa shape index (κ1) is 18.0. The van der Waals surface area contributed by atoms with Crippen LogP contribution in [0.5, 0.6) is 0 Å².